The first kappa shape index (κ1) is 16.6. The van der Waals surface area contributed by atoms with Gasteiger partial charge in [0.25, 0.3) is 5.91 Å². The number of aryl methyl sites for hydroxylation is 1. The largest absolute Gasteiger partial charge is 0.435 e. The van der Waals surface area contributed by atoms with Gasteiger partial charge in [0, 0.05) is 28.8 Å². The third-order valence-corrected chi connectivity index (χ3v) is 3.53. The van der Waals surface area contributed by atoms with Gasteiger partial charge in [0.2, 0.25) is 0 Å². The molecule has 3 rings (SSSR count). The third kappa shape index (κ3) is 3.82. The van der Waals surface area contributed by atoms with E-state index in [1.807, 2.05) is 0 Å². The highest BCUT2D eigenvalue weighted by atomic mass is 19.3. The smallest absolute Gasteiger partial charge is 0.387 e. The SMILES string of the molecule is Cc1cc(=O)oc2cc(NC(=O)c3cccc(OC(F)F)c3)ccc12. The van der Waals surface area contributed by atoms with Gasteiger partial charge in [-0.1, -0.05) is 6.07 Å². The molecule has 0 fully saturated rings. The average Bonchev–Trinajstić information content (AvgIpc) is 2.54. The number of benzene rings is 2. The number of ether oxygens (including phenoxy) is 1. The number of alkyl halides is 2. The summed E-state index contributed by atoms with van der Waals surface area (Å²) in [4.78, 5) is 23.7. The summed E-state index contributed by atoms with van der Waals surface area (Å²) in [6.45, 7) is -1.18. The van der Waals surface area contributed by atoms with Gasteiger partial charge >= 0.3 is 12.2 Å². The molecule has 0 aliphatic rings. The molecule has 0 atom stereocenters. The van der Waals surface area contributed by atoms with Crippen molar-refractivity contribution in [1.29, 1.82) is 0 Å². The van der Waals surface area contributed by atoms with Gasteiger partial charge in [0.15, 0.2) is 0 Å². The van der Waals surface area contributed by atoms with Crippen LogP contribution in [-0.4, -0.2) is 12.5 Å². The van der Waals surface area contributed by atoms with Gasteiger partial charge in [-0.2, -0.15) is 8.78 Å². The predicted octanol–water partition coefficient (Wildman–Crippen LogP) is 3.96. The van der Waals surface area contributed by atoms with Crippen molar-refractivity contribution in [2.24, 2.45) is 0 Å². The van der Waals surface area contributed by atoms with Crippen molar-refractivity contribution < 1.29 is 22.7 Å². The van der Waals surface area contributed by atoms with E-state index < -0.39 is 18.1 Å². The van der Waals surface area contributed by atoms with Gasteiger partial charge in [-0.3, -0.25) is 4.79 Å². The summed E-state index contributed by atoms with van der Waals surface area (Å²) < 4.78 is 33.9. The molecule has 1 aromatic heterocycles. The van der Waals surface area contributed by atoms with Crippen molar-refractivity contribution in [3.8, 4) is 5.75 Å². The maximum atomic E-state index is 12.3. The Kier molecular flexibility index (Phi) is 4.47. The van der Waals surface area contributed by atoms with E-state index >= 15 is 0 Å². The number of hydrogen-bond donors (Lipinski definition) is 1. The maximum Gasteiger partial charge on any atom is 0.387 e. The minimum Gasteiger partial charge on any atom is -0.435 e. The summed E-state index contributed by atoms with van der Waals surface area (Å²) >= 11 is 0. The molecule has 7 heteroatoms. The molecule has 0 bridgehead atoms. The molecule has 0 aliphatic heterocycles. The second-order valence-corrected chi connectivity index (χ2v) is 5.32. The molecule has 0 aliphatic carbocycles. The van der Waals surface area contributed by atoms with Gasteiger partial charge in [-0.05, 0) is 42.8 Å². The number of rotatable bonds is 4. The van der Waals surface area contributed by atoms with Crippen LogP contribution in [0.15, 0.2) is 57.7 Å². The number of fused-ring (bicyclic) bond motifs is 1. The van der Waals surface area contributed by atoms with Crippen LogP contribution in [0.2, 0.25) is 0 Å². The number of carbonyl (C=O) groups is 1. The van der Waals surface area contributed by atoms with E-state index in [-0.39, 0.29) is 11.3 Å². The summed E-state index contributed by atoms with van der Waals surface area (Å²) in [5.74, 6) is -0.614. The van der Waals surface area contributed by atoms with Gasteiger partial charge in [0.05, 0.1) is 0 Å². The molecule has 0 saturated carbocycles. The quantitative estimate of drug-likeness (QED) is 0.727. The number of hydrogen-bond acceptors (Lipinski definition) is 4. The van der Waals surface area contributed by atoms with E-state index in [2.05, 4.69) is 10.1 Å². The summed E-state index contributed by atoms with van der Waals surface area (Å²) in [7, 11) is 0. The molecule has 2 aromatic carbocycles. The zero-order chi connectivity index (χ0) is 18.0. The normalized spacial score (nSPS) is 10.9. The van der Waals surface area contributed by atoms with Crippen LogP contribution in [0.25, 0.3) is 11.0 Å². The Morgan fingerprint density at radius 2 is 1.96 bits per heavy atom. The number of nitrogens with one attached hydrogen (secondary N) is 1. The Hall–Kier alpha value is -3.22. The second kappa shape index (κ2) is 6.72. The highest BCUT2D eigenvalue weighted by Gasteiger charge is 2.11. The van der Waals surface area contributed by atoms with E-state index in [4.69, 9.17) is 4.42 Å². The molecule has 0 spiro atoms. The van der Waals surface area contributed by atoms with Crippen molar-refractivity contribution >= 4 is 22.6 Å². The van der Waals surface area contributed by atoms with E-state index in [1.165, 1.54) is 36.4 Å². The molecule has 1 amide bonds. The average molecular weight is 345 g/mol. The minimum atomic E-state index is -2.97. The number of anilines is 1. The van der Waals surface area contributed by atoms with E-state index in [1.54, 1.807) is 19.1 Å². The number of halogens is 2. The Morgan fingerprint density at radius 1 is 1.16 bits per heavy atom. The summed E-state index contributed by atoms with van der Waals surface area (Å²) in [6, 6.07) is 11.8. The van der Waals surface area contributed by atoms with Crippen LogP contribution < -0.4 is 15.7 Å². The van der Waals surface area contributed by atoms with Gasteiger partial charge in [0.1, 0.15) is 11.3 Å². The molecular weight excluding hydrogens is 332 g/mol. The van der Waals surface area contributed by atoms with E-state index in [9.17, 15) is 18.4 Å². The van der Waals surface area contributed by atoms with Crippen LogP contribution >= 0.6 is 0 Å². The summed E-state index contributed by atoms with van der Waals surface area (Å²) in [5, 5.41) is 3.38. The monoisotopic (exact) mass is 345 g/mol. The van der Waals surface area contributed by atoms with Gasteiger partial charge in [-0.15, -0.1) is 0 Å². The van der Waals surface area contributed by atoms with Gasteiger partial charge in [-0.25, -0.2) is 4.79 Å². The van der Waals surface area contributed by atoms with Crippen molar-refractivity contribution in [2.75, 3.05) is 5.32 Å². The summed E-state index contributed by atoms with van der Waals surface area (Å²) in [6.07, 6.45) is 0. The highest BCUT2D eigenvalue weighted by Crippen LogP contribution is 2.22. The molecule has 0 radical (unpaired) electrons. The first-order chi connectivity index (χ1) is 11.9. The van der Waals surface area contributed by atoms with Crippen LogP contribution in [-0.2, 0) is 0 Å². The van der Waals surface area contributed by atoms with Crippen molar-refractivity contribution in [1.82, 2.24) is 0 Å². The van der Waals surface area contributed by atoms with E-state index in [0.29, 0.717) is 11.3 Å². The zero-order valence-corrected chi connectivity index (χ0v) is 13.1. The highest BCUT2D eigenvalue weighted by molar-refractivity contribution is 6.05. The fourth-order valence-corrected chi connectivity index (χ4v) is 2.42. The molecule has 1 heterocycles. The molecule has 25 heavy (non-hydrogen) atoms. The summed E-state index contributed by atoms with van der Waals surface area (Å²) in [5.41, 5.74) is 1.19. The zero-order valence-electron chi connectivity index (χ0n) is 13.1. The lowest BCUT2D eigenvalue weighted by Crippen LogP contribution is -2.12. The molecule has 3 aromatic rings. The standard InChI is InChI=1S/C18H13F2NO4/c1-10-7-16(22)25-15-9-12(5-6-14(10)15)21-17(23)11-3-2-4-13(8-11)24-18(19)20/h2-9,18H,1H3,(H,21,23). The lowest BCUT2D eigenvalue weighted by Gasteiger charge is -2.09. The molecule has 0 saturated heterocycles. The van der Waals surface area contributed by atoms with Crippen LogP contribution in [0.1, 0.15) is 15.9 Å². The van der Waals surface area contributed by atoms with Gasteiger partial charge < -0.3 is 14.5 Å². The van der Waals surface area contributed by atoms with Crippen LogP contribution in [0, 0.1) is 6.92 Å². The predicted molar refractivity (Wildman–Crippen MR) is 88.2 cm³/mol. The lowest BCUT2D eigenvalue weighted by atomic mass is 10.1. The fourth-order valence-electron chi connectivity index (χ4n) is 2.42. The van der Waals surface area contributed by atoms with Crippen molar-refractivity contribution in [3.63, 3.8) is 0 Å². The minimum absolute atomic E-state index is 0.109. The third-order valence-electron chi connectivity index (χ3n) is 3.53. The molecular formula is C18H13F2NO4. The first-order valence-electron chi connectivity index (χ1n) is 7.33. The van der Waals surface area contributed by atoms with Crippen LogP contribution in [0.4, 0.5) is 14.5 Å². The maximum absolute atomic E-state index is 12.3. The molecule has 0 unspecified atom stereocenters. The van der Waals surface area contributed by atoms with E-state index in [0.717, 1.165) is 10.9 Å². The lowest BCUT2D eigenvalue weighted by molar-refractivity contribution is -0.0498. The Labute approximate surface area is 140 Å². The Balaban J connectivity index is 1.86. The fraction of sp³-hybridized carbons (Fsp3) is 0.111. The van der Waals surface area contributed by atoms with Crippen LogP contribution in [0.3, 0.4) is 0 Å². The first-order valence-corrected chi connectivity index (χ1v) is 7.33. The Bertz CT molecular complexity index is 998. The topological polar surface area (TPSA) is 68.5 Å². The Morgan fingerprint density at radius 3 is 2.72 bits per heavy atom. The van der Waals surface area contributed by atoms with Crippen molar-refractivity contribution in [2.45, 2.75) is 13.5 Å². The molecule has 128 valence electrons. The second-order valence-electron chi connectivity index (χ2n) is 5.32. The molecule has 5 nitrogen and oxygen atoms in total. The van der Waals surface area contributed by atoms with Crippen molar-refractivity contribution in [3.05, 3.63) is 70.1 Å². The number of amides is 1. The number of carbonyl (C=O) groups excluding carboxylic acids is 1. The molecule has 1 N–H and O–H groups in total. The van der Waals surface area contributed by atoms with Crippen LogP contribution in [0.5, 0.6) is 5.75 Å².